The van der Waals surface area contributed by atoms with Gasteiger partial charge in [0.05, 0.1) is 19.3 Å². The van der Waals surface area contributed by atoms with Crippen molar-refractivity contribution in [2.24, 2.45) is 0 Å². The number of carbonyl (C=O) groups excluding carboxylic acids is 2. The summed E-state index contributed by atoms with van der Waals surface area (Å²) in [6.45, 7) is 1.65. The second-order valence-corrected chi connectivity index (χ2v) is 6.13. The molecule has 0 fully saturated rings. The van der Waals surface area contributed by atoms with Crippen LogP contribution in [0.15, 0.2) is 46.9 Å². The summed E-state index contributed by atoms with van der Waals surface area (Å²) >= 11 is 3.39. The number of benzene rings is 2. The highest BCUT2D eigenvalue weighted by Gasteiger charge is 2.08. The van der Waals surface area contributed by atoms with Gasteiger partial charge in [0.25, 0.3) is 5.91 Å². The number of amides is 2. The van der Waals surface area contributed by atoms with Gasteiger partial charge in [0, 0.05) is 4.47 Å². The number of ether oxygens (including phenoxy) is 2. The third-order valence-corrected chi connectivity index (χ3v) is 3.93. The van der Waals surface area contributed by atoms with Gasteiger partial charge in [-0.3, -0.25) is 9.59 Å². The van der Waals surface area contributed by atoms with Crippen LogP contribution < -0.4 is 20.1 Å². The molecule has 0 saturated heterocycles. The van der Waals surface area contributed by atoms with E-state index in [2.05, 4.69) is 26.6 Å². The van der Waals surface area contributed by atoms with E-state index in [0.717, 1.165) is 10.0 Å². The summed E-state index contributed by atoms with van der Waals surface area (Å²) in [7, 11) is 1.57. The molecule has 0 aromatic heterocycles. The number of methoxy groups -OCH3 is 1. The fourth-order valence-electron chi connectivity index (χ4n) is 1.97. The molecule has 0 aliphatic rings. The van der Waals surface area contributed by atoms with E-state index in [1.165, 1.54) is 0 Å². The third-order valence-electron chi connectivity index (χ3n) is 3.27. The van der Waals surface area contributed by atoms with Crippen LogP contribution in [0, 0.1) is 6.92 Å². The Hall–Kier alpha value is -2.54. The van der Waals surface area contributed by atoms with Gasteiger partial charge in [-0.05, 0) is 64.8 Å². The average molecular weight is 407 g/mol. The molecule has 6 nitrogen and oxygen atoms in total. The molecule has 2 N–H and O–H groups in total. The number of carbonyl (C=O) groups is 2. The van der Waals surface area contributed by atoms with E-state index >= 15 is 0 Å². The van der Waals surface area contributed by atoms with Gasteiger partial charge < -0.3 is 20.1 Å². The molecule has 2 aromatic rings. The van der Waals surface area contributed by atoms with Crippen molar-refractivity contribution in [3.8, 4) is 11.5 Å². The molecular weight excluding hydrogens is 388 g/mol. The minimum atomic E-state index is -0.381. The molecule has 0 aliphatic carbocycles. The Balaban J connectivity index is 1.74. The minimum absolute atomic E-state index is 0.134. The zero-order chi connectivity index (χ0) is 18.2. The first kappa shape index (κ1) is 18.8. The van der Waals surface area contributed by atoms with Gasteiger partial charge in [-0.1, -0.05) is 6.07 Å². The van der Waals surface area contributed by atoms with Gasteiger partial charge in [0.15, 0.2) is 6.61 Å². The lowest BCUT2D eigenvalue weighted by Gasteiger charge is -2.10. The van der Waals surface area contributed by atoms with Crippen LogP contribution in [0.5, 0.6) is 11.5 Å². The van der Waals surface area contributed by atoms with Crippen LogP contribution in [0.4, 0.5) is 5.69 Å². The number of anilines is 1. The van der Waals surface area contributed by atoms with Crippen LogP contribution in [-0.2, 0) is 9.59 Å². The minimum Gasteiger partial charge on any atom is -0.497 e. The molecule has 132 valence electrons. The molecule has 2 rings (SSSR count). The smallest absolute Gasteiger partial charge is 0.258 e. The molecule has 0 spiro atoms. The normalized spacial score (nSPS) is 10.0. The maximum Gasteiger partial charge on any atom is 0.258 e. The number of aryl methyl sites for hydroxylation is 1. The first-order valence-corrected chi connectivity index (χ1v) is 8.37. The van der Waals surface area contributed by atoms with E-state index in [9.17, 15) is 9.59 Å². The van der Waals surface area contributed by atoms with Crippen LogP contribution in [-0.4, -0.2) is 32.1 Å². The Morgan fingerprint density at radius 2 is 1.72 bits per heavy atom. The van der Waals surface area contributed by atoms with Crippen molar-refractivity contribution in [1.82, 2.24) is 5.32 Å². The summed E-state index contributed by atoms with van der Waals surface area (Å²) in [5.41, 5.74) is 1.73. The highest BCUT2D eigenvalue weighted by Crippen LogP contribution is 2.23. The van der Waals surface area contributed by atoms with Crippen LogP contribution in [0.2, 0.25) is 0 Å². The molecule has 0 atom stereocenters. The Morgan fingerprint density at radius 1 is 1.04 bits per heavy atom. The standard InChI is InChI=1S/C18H19BrN2O4/c1-12-3-8-16(15(19)9-12)21-17(22)10-20-18(23)11-25-14-6-4-13(24-2)5-7-14/h3-9H,10-11H2,1-2H3,(H,20,23)(H,21,22). The van der Waals surface area contributed by atoms with Gasteiger partial charge in [0.1, 0.15) is 11.5 Å². The van der Waals surface area contributed by atoms with Crippen molar-refractivity contribution in [1.29, 1.82) is 0 Å². The van der Waals surface area contributed by atoms with Crippen LogP contribution in [0.1, 0.15) is 5.56 Å². The molecule has 2 amide bonds. The maximum atomic E-state index is 11.9. The molecule has 0 aliphatic heterocycles. The Labute approximate surface area is 154 Å². The average Bonchev–Trinajstić information content (AvgIpc) is 2.61. The van der Waals surface area contributed by atoms with Crippen molar-refractivity contribution >= 4 is 33.4 Å². The summed E-state index contributed by atoms with van der Waals surface area (Å²) in [6.07, 6.45) is 0. The van der Waals surface area contributed by atoms with Gasteiger partial charge in [0.2, 0.25) is 5.91 Å². The summed E-state index contributed by atoms with van der Waals surface area (Å²) in [5, 5.41) is 5.23. The van der Waals surface area contributed by atoms with Crippen LogP contribution in [0.25, 0.3) is 0 Å². The van der Waals surface area contributed by atoms with Crippen LogP contribution >= 0.6 is 15.9 Å². The third kappa shape index (κ3) is 6.11. The second kappa shape index (κ2) is 9.08. The van der Waals surface area contributed by atoms with Crippen LogP contribution in [0.3, 0.4) is 0 Å². The highest BCUT2D eigenvalue weighted by atomic mass is 79.9. The fourth-order valence-corrected chi connectivity index (χ4v) is 2.56. The maximum absolute atomic E-state index is 11.9. The predicted molar refractivity (Wildman–Crippen MR) is 99.0 cm³/mol. The molecule has 2 aromatic carbocycles. The number of halogens is 1. The Morgan fingerprint density at radius 3 is 2.36 bits per heavy atom. The van der Waals surface area contributed by atoms with E-state index in [0.29, 0.717) is 17.2 Å². The zero-order valence-electron chi connectivity index (χ0n) is 14.0. The molecule has 25 heavy (non-hydrogen) atoms. The van der Waals surface area contributed by atoms with Gasteiger partial charge in [-0.2, -0.15) is 0 Å². The lowest BCUT2D eigenvalue weighted by atomic mass is 10.2. The topological polar surface area (TPSA) is 76.7 Å². The molecular formula is C18H19BrN2O4. The molecule has 0 unspecified atom stereocenters. The zero-order valence-corrected chi connectivity index (χ0v) is 15.6. The van der Waals surface area contributed by atoms with Crippen molar-refractivity contribution in [3.05, 3.63) is 52.5 Å². The quantitative estimate of drug-likeness (QED) is 0.740. The second-order valence-electron chi connectivity index (χ2n) is 5.27. The Bertz CT molecular complexity index is 747. The lowest BCUT2D eigenvalue weighted by molar-refractivity contribution is -0.125. The first-order valence-electron chi connectivity index (χ1n) is 7.57. The lowest BCUT2D eigenvalue weighted by Crippen LogP contribution is -2.35. The van der Waals surface area contributed by atoms with Crippen molar-refractivity contribution in [2.45, 2.75) is 6.92 Å². The van der Waals surface area contributed by atoms with Gasteiger partial charge in [-0.15, -0.1) is 0 Å². The predicted octanol–water partition coefficient (Wildman–Crippen LogP) is 2.90. The number of rotatable bonds is 7. The Kier molecular flexibility index (Phi) is 6.82. The van der Waals surface area contributed by atoms with Crippen molar-refractivity contribution in [2.75, 3.05) is 25.6 Å². The van der Waals surface area contributed by atoms with Gasteiger partial charge >= 0.3 is 0 Å². The molecule has 7 heteroatoms. The summed E-state index contributed by atoms with van der Waals surface area (Å²) in [5.74, 6) is 0.552. The highest BCUT2D eigenvalue weighted by molar-refractivity contribution is 9.10. The largest absolute Gasteiger partial charge is 0.497 e. The summed E-state index contributed by atoms with van der Waals surface area (Å²) in [6, 6.07) is 12.5. The van der Waals surface area contributed by atoms with Crippen molar-refractivity contribution < 1.29 is 19.1 Å². The van der Waals surface area contributed by atoms with Gasteiger partial charge in [-0.25, -0.2) is 0 Å². The molecule has 0 saturated carbocycles. The number of hydrogen-bond donors (Lipinski definition) is 2. The number of hydrogen-bond acceptors (Lipinski definition) is 4. The van der Waals surface area contributed by atoms with Crippen molar-refractivity contribution in [3.63, 3.8) is 0 Å². The van der Waals surface area contributed by atoms with E-state index in [4.69, 9.17) is 9.47 Å². The van der Waals surface area contributed by atoms with E-state index in [1.807, 2.05) is 19.1 Å². The fraction of sp³-hybridized carbons (Fsp3) is 0.222. The first-order chi connectivity index (χ1) is 12.0. The van der Waals surface area contributed by atoms with E-state index < -0.39 is 0 Å². The van der Waals surface area contributed by atoms with E-state index in [1.54, 1.807) is 37.4 Å². The summed E-state index contributed by atoms with van der Waals surface area (Å²) in [4.78, 5) is 23.7. The molecule has 0 heterocycles. The van der Waals surface area contributed by atoms with E-state index in [-0.39, 0.29) is 25.0 Å². The molecule has 0 bridgehead atoms. The number of nitrogens with one attached hydrogen (secondary N) is 2. The SMILES string of the molecule is COc1ccc(OCC(=O)NCC(=O)Nc2ccc(C)cc2Br)cc1. The monoisotopic (exact) mass is 406 g/mol. The summed E-state index contributed by atoms with van der Waals surface area (Å²) < 4.78 is 11.2. The molecule has 0 radical (unpaired) electrons.